The molecule has 1 aromatic rings. The van der Waals surface area contributed by atoms with Gasteiger partial charge in [-0.2, -0.15) is 0 Å². The highest BCUT2D eigenvalue weighted by Gasteiger charge is 2.45. The van der Waals surface area contributed by atoms with Gasteiger partial charge >= 0.3 is 0 Å². The molecule has 1 aliphatic heterocycles. The molecule has 160 valence electrons. The summed E-state index contributed by atoms with van der Waals surface area (Å²) >= 11 is 0. The Bertz CT molecular complexity index is 667. The van der Waals surface area contributed by atoms with Crippen molar-refractivity contribution in [1.29, 1.82) is 0 Å². The molecule has 2 aliphatic rings. The number of rotatable bonds is 12. The summed E-state index contributed by atoms with van der Waals surface area (Å²) in [4.78, 5) is 27.0. The molecule has 1 aliphatic carbocycles. The van der Waals surface area contributed by atoms with Crippen molar-refractivity contribution in [2.75, 3.05) is 26.2 Å². The molecule has 0 spiro atoms. The molecule has 2 fully saturated rings. The first kappa shape index (κ1) is 21.8. The van der Waals surface area contributed by atoms with Crippen molar-refractivity contribution >= 4 is 11.8 Å². The van der Waals surface area contributed by atoms with Crippen LogP contribution in [0.3, 0.4) is 0 Å². The second-order valence-corrected chi connectivity index (χ2v) is 8.59. The molecule has 4 N–H and O–H groups in total. The number of nitrogens with zero attached hydrogens (tertiary/aromatic N) is 1. The summed E-state index contributed by atoms with van der Waals surface area (Å²) in [6.07, 6.45) is 7.45. The van der Waals surface area contributed by atoms with Crippen molar-refractivity contribution in [3.8, 4) is 0 Å². The normalized spacial score (nSPS) is 26.4. The lowest BCUT2D eigenvalue weighted by Gasteiger charge is -2.16. The largest absolute Gasteiger partial charge is 0.396 e. The van der Waals surface area contributed by atoms with Crippen molar-refractivity contribution in [3.63, 3.8) is 0 Å². The fraction of sp³-hybridized carbons (Fsp3) is 0.652. The molecule has 6 nitrogen and oxygen atoms in total. The van der Waals surface area contributed by atoms with Gasteiger partial charge in [-0.3, -0.25) is 9.59 Å². The third-order valence-corrected chi connectivity index (χ3v) is 6.33. The second kappa shape index (κ2) is 10.7. The molecule has 2 unspecified atom stereocenters. The molecular formula is C23H35N3O3. The van der Waals surface area contributed by atoms with Gasteiger partial charge in [-0.15, -0.1) is 0 Å². The molecule has 1 saturated carbocycles. The fourth-order valence-electron chi connectivity index (χ4n) is 4.49. The predicted octanol–water partition coefficient (Wildman–Crippen LogP) is 2.02. The minimum atomic E-state index is -0.395. The van der Waals surface area contributed by atoms with Crippen LogP contribution in [-0.2, 0) is 9.59 Å². The number of carbonyl (C=O) groups excluding carboxylic acids is 2. The lowest BCUT2D eigenvalue weighted by molar-refractivity contribution is -0.131. The maximum Gasteiger partial charge on any atom is 0.225 e. The Morgan fingerprint density at radius 3 is 2.34 bits per heavy atom. The van der Waals surface area contributed by atoms with Gasteiger partial charge in [0.05, 0.1) is 11.8 Å². The first-order chi connectivity index (χ1) is 14.1. The molecule has 1 aromatic carbocycles. The van der Waals surface area contributed by atoms with Gasteiger partial charge in [-0.25, -0.2) is 0 Å². The van der Waals surface area contributed by atoms with Gasteiger partial charge in [0.1, 0.15) is 0 Å². The number of nitrogens with two attached hydrogens (primary N) is 1. The van der Waals surface area contributed by atoms with E-state index in [4.69, 9.17) is 10.8 Å². The van der Waals surface area contributed by atoms with Crippen LogP contribution in [0, 0.1) is 11.8 Å². The molecule has 1 saturated heterocycles. The number of benzene rings is 1. The average Bonchev–Trinajstić information content (AvgIpc) is 3.34. The van der Waals surface area contributed by atoms with Crippen molar-refractivity contribution in [3.05, 3.63) is 35.9 Å². The number of nitrogens with one attached hydrogen (secondary N) is 1. The smallest absolute Gasteiger partial charge is 0.225 e. The van der Waals surface area contributed by atoms with Gasteiger partial charge in [-0.1, -0.05) is 56.0 Å². The molecule has 1 heterocycles. The van der Waals surface area contributed by atoms with E-state index in [-0.39, 0.29) is 30.4 Å². The number of unbranched alkanes of at least 4 members (excludes halogenated alkanes) is 5. The van der Waals surface area contributed by atoms with Gasteiger partial charge in [0.2, 0.25) is 11.8 Å². The Morgan fingerprint density at radius 1 is 1.00 bits per heavy atom. The Labute approximate surface area is 173 Å². The monoisotopic (exact) mass is 401 g/mol. The molecule has 0 radical (unpaired) electrons. The number of likely N-dealkylation sites (tertiary alicyclic amines) is 1. The van der Waals surface area contributed by atoms with E-state index < -0.39 is 5.92 Å². The molecule has 6 heteroatoms. The topological polar surface area (TPSA) is 95.7 Å². The summed E-state index contributed by atoms with van der Waals surface area (Å²) in [5, 5.41) is 12.0. The first-order valence-electron chi connectivity index (χ1n) is 11.1. The summed E-state index contributed by atoms with van der Waals surface area (Å²) in [7, 11) is 0. The molecule has 3 rings (SSSR count). The van der Waals surface area contributed by atoms with Gasteiger partial charge < -0.3 is 21.1 Å². The lowest BCUT2D eigenvalue weighted by Crippen LogP contribution is -2.40. The van der Waals surface area contributed by atoms with Gasteiger partial charge in [-0.05, 0) is 31.4 Å². The van der Waals surface area contributed by atoms with E-state index in [9.17, 15) is 9.59 Å². The number of aliphatic hydroxyl groups is 1. The molecule has 0 aromatic heterocycles. The summed E-state index contributed by atoms with van der Waals surface area (Å²) in [5.74, 6) is -0.742. The van der Waals surface area contributed by atoms with Gasteiger partial charge in [0, 0.05) is 31.7 Å². The molecule has 4 atom stereocenters. The molecule has 29 heavy (non-hydrogen) atoms. The third kappa shape index (κ3) is 6.28. The summed E-state index contributed by atoms with van der Waals surface area (Å²) in [5.41, 5.74) is 6.87. The molecule has 0 bridgehead atoms. The van der Waals surface area contributed by atoms with Crippen LogP contribution in [0.25, 0.3) is 0 Å². The third-order valence-electron chi connectivity index (χ3n) is 6.33. The number of carbonyl (C=O) groups is 2. The molecule has 2 amide bonds. The van der Waals surface area contributed by atoms with Crippen molar-refractivity contribution in [1.82, 2.24) is 10.2 Å². The summed E-state index contributed by atoms with van der Waals surface area (Å²) in [6.45, 7) is 2.39. The zero-order chi connectivity index (χ0) is 20.6. The van der Waals surface area contributed by atoms with E-state index in [2.05, 4.69) is 22.3 Å². The summed E-state index contributed by atoms with van der Waals surface area (Å²) < 4.78 is 0. The Morgan fingerprint density at radius 2 is 1.66 bits per heavy atom. The average molecular weight is 402 g/mol. The minimum absolute atomic E-state index is 0.0243. The van der Waals surface area contributed by atoms with Crippen LogP contribution in [-0.4, -0.2) is 54.1 Å². The van der Waals surface area contributed by atoms with Crippen LogP contribution in [0.1, 0.15) is 56.4 Å². The SMILES string of the molecule is NC(=O)C1CN(CCCCCCCCO)CC1C(=O)N[C@H]1C[C@@H]1c1ccccc1. The van der Waals surface area contributed by atoms with E-state index in [1.165, 1.54) is 12.0 Å². The Kier molecular flexibility index (Phi) is 8.07. The van der Waals surface area contributed by atoms with E-state index in [1.807, 2.05) is 18.2 Å². The van der Waals surface area contributed by atoms with Crippen molar-refractivity contribution in [2.24, 2.45) is 17.6 Å². The zero-order valence-electron chi connectivity index (χ0n) is 17.3. The second-order valence-electron chi connectivity index (χ2n) is 8.59. The predicted molar refractivity (Wildman–Crippen MR) is 113 cm³/mol. The van der Waals surface area contributed by atoms with Gasteiger partial charge in [0.15, 0.2) is 0 Å². The van der Waals surface area contributed by atoms with E-state index in [0.29, 0.717) is 19.0 Å². The van der Waals surface area contributed by atoms with Crippen LogP contribution < -0.4 is 11.1 Å². The number of aliphatic hydroxyl groups excluding tert-OH is 1. The van der Waals surface area contributed by atoms with E-state index >= 15 is 0 Å². The quantitative estimate of drug-likeness (QED) is 0.467. The van der Waals surface area contributed by atoms with E-state index in [0.717, 1.165) is 45.1 Å². The summed E-state index contributed by atoms with van der Waals surface area (Å²) in [6, 6.07) is 10.4. The lowest BCUT2D eigenvalue weighted by atomic mass is 9.94. The Hall–Kier alpha value is -1.92. The van der Waals surface area contributed by atoms with Crippen LogP contribution in [0.5, 0.6) is 0 Å². The van der Waals surface area contributed by atoms with E-state index in [1.54, 1.807) is 0 Å². The van der Waals surface area contributed by atoms with Crippen LogP contribution in [0.15, 0.2) is 30.3 Å². The van der Waals surface area contributed by atoms with Crippen LogP contribution in [0.4, 0.5) is 0 Å². The van der Waals surface area contributed by atoms with Crippen LogP contribution >= 0.6 is 0 Å². The number of hydrogen-bond donors (Lipinski definition) is 3. The first-order valence-corrected chi connectivity index (χ1v) is 11.1. The van der Waals surface area contributed by atoms with Crippen molar-refractivity contribution < 1.29 is 14.7 Å². The highest BCUT2D eigenvalue weighted by molar-refractivity contribution is 5.88. The Balaban J connectivity index is 1.42. The highest BCUT2D eigenvalue weighted by Crippen LogP contribution is 2.41. The van der Waals surface area contributed by atoms with Crippen molar-refractivity contribution in [2.45, 2.75) is 56.9 Å². The van der Waals surface area contributed by atoms with Gasteiger partial charge in [0.25, 0.3) is 0 Å². The number of amides is 2. The maximum atomic E-state index is 12.8. The van der Waals surface area contributed by atoms with Crippen LogP contribution in [0.2, 0.25) is 0 Å². The minimum Gasteiger partial charge on any atom is -0.396 e. The highest BCUT2D eigenvalue weighted by atomic mass is 16.3. The fourth-order valence-corrected chi connectivity index (χ4v) is 4.49. The molecular weight excluding hydrogens is 366 g/mol. The number of primary amides is 1. The zero-order valence-corrected chi connectivity index (χ0v) is 17.3. The maximum absolute atomic E-state index is 12.8. The standard InChI is InChI=1S/C23H35N3O3/c24-22(28)19-15-26(12-8-3-1-2-4-9-13-27)16-20(19)23(29)25-21-14-18(21)17-10-6-5-7-11-17/h5-7,10-11,18-21,27H,1-4,8-9,12-16H2,(H2,24,28)(H,25,29)/t18-,19?,20?,21+/m1/s1. The number of hydrogen-bond acceptors (Lipinski definition) is 4.